The summed E-state index contributed by atoms with van der Waals surface area (Å²) in [5.41, 5.74) is 0.167. The molecule has 1 aromatic rings. The van der Waals surface area contributed by atoms with Crippen LogP contribution < -0.4 is 10.2 Å². The highest BCUT2D eigenvalue weighted by molar-refractivity contribution is 6.02. The molecule has 1 fully saturated rings. The number of carbonyl (C=O) groups is 3. The van der Waals surface area contributed by atoms with Crippen molar-refractivity contribution in [2.45, 2.75) is 52.1 Å². The molecule has 0 radical (unpaired) electrons. The second kappa shape index (κ2) is 7.03. The Labute approximate surface area is 141 Å². The maximum Gasteiger partial charge on any atom is 0.303 e. The number of carbonyl (C=O) groups excluding carboxylic acids is 2. The molecule has 2 atom stereocenters. The van der Waals surface area contributed by atoms with Gasteiger partial charge in [0.25, 0.3) is 0 Å². The van der Waals surface area contributed by atoms with Gasteiger partial charge in [0.15, 0.2) is 0 Å². The molecule has 2 N–H and O–H groups in total. The van der Waals surface area contributed by atoms with Crippen LogP contribution in [-0.2, 0) is 14.4 Å². The minimum absolute atomic E-state index is 0.00257. The Kier molecular flexibility index (Phi) is 5.26. The molecule has 6 heteroatoms. The van der Waals surface area contributed by atoms with Crippen LogP contribution in [0.3, 0.4) is 0 Å². The summed E-state index contributed by atoms with van der Waals surface area (Å²) >= 11 is 0. The van der Waals surface area contributed by atoms with Gasteiger partial charge in [-0.25, -0.2) is 0 Å². The van der Waals surface area contributed by atoms with Gasteiger partial charge in [0, 0.05) is 18.2 Å². The summed E-state index contributed by atoms with van der Waals surface area (Å²) in [4.78, 5) is 37.4. The summed E-state index contributed by atoms with van der Waals surface area (Å²) in [6.07, 6.45) is 0.521. The van der Waals surface area contributed by atoms with Gasteiger partial charge in [-0.05, 0) is 30.9 Å². The number of carboxylic acids is 1. The fourth-order valence-corrected chi connectivity index (χ4v) is 3.18. The highest BCUT2D eigenvalue weighted by atomic mass is 16.4. The van der Waals surface area contributed by atoms with Crippen LogP contribution in [0.5, 0.6) is 0 Å². The Bertz CT molecular complexity index is 627. The van der Waals surface area contributed by atoms with E-state index < -0.39 is 17.4 Å². The van der Waals surface area contributed by atoms with Gasteiger partial charge in [-0.2, -0.15) is 0 Å². The van der Waals surface area contributed by atoms with Crippen LogP contribution in [0.25, 0.3) is 0 Å². The second-order valence-corrected chi connectivity index (χ2v) is 7.16. The van der Waals surface area contributed by atoms with E-state index in [1.807, 2.05) is 37.3 Å². The van der Waals surface area contributed by atoms with Crippen molar-refractivity contribution in [3.05, 3.63) is 30.3 Å². The molecule has 1 aliphatic rings. The molecule has 0 bridgehead atoms. The molecule has 0 aliphatic carbocycles. The number of carboxylic acid groups (broad SMARTS) is 1. The summed E-state index contributed by atoms with van der Waals surface area (Å²) in [5.74, 6) is -1.35. The van der Waals surface area contributed by atoms with Gasteiger partial charge >= 0.3 is 5.97 Å². The van der Waals surface area contributed by atoms with E-state index in [9.17, 15) is 14.4 Å². The van der Waals surface area contributed by atoms with Crippen LogP contribution in [0.1, 0.15) is 40.0 Å². The molecule has 0 saturated carbocycles. The smallest absolute Gasteiger partial charge is 0.303 e. The minimum Gasteiger partial charge on any atom is -0.481 e. The predicted octanol–water partition coefficient (Wildman–Crippen LogP) is 2.19. The van der Waals surface area contributed by atoms with Gasteiger partial charge in [-0.1, -0.05) is 32.0 Å². The summed E-state index contributed by atoms with van der Waals surface area (Å²) in [6.45, 7) is 5.41. The summed E-state index contributed by atoms with van der Waals surface area (Å²) in [6, 6.07) is 8.80. The average Bonchev–Trinajstić information content (AvgIpc) is 2.72. The first-order valence-corrected chi connectivity index (χ1v) is 8.09. The molecule has 1 heterocycles. The fourth-order valence-electron chi connectivity index (χ4n) is 3.18. The van der Waals surface area contributed by atoms with Crippen molar-refractivity contribution in [2.24, 2.45) is 5.41 Å². The first-order chi connectivity index (χ1) is 11.2. The van der Waals surface area contributed by atoms with E-state index in [4.69, 9.17) is 5.11 Å². The number of hydrogen-bond donors (Lipinski definition) is 2. The molecule has 0 spiro atoms. The molecule has 2 rings (SSSR count). The van der Waals surface area contributed by atoms with Crippen molar-refractivity contribution in [2.75, 3.05) is 4.90 Å². The Hall–Kier alpha value is -2.37. The average molecular weight is 332 g/mol. The van der Waals surface area contributed by atoms with Gasteiger partial charge in [0.1, 0.15) is 6.04 Å². The Balaban J connectivity index is 2.00. The van der Waals surface area contributed by atoms with E-state index >= 15 is 0 Å². The zero-order chi connectivity index (χ0) is 17.9. The van der Waals surface area contributed by atoms with Crippen molar-refractivity contribution >= 4 is 23.5 Å². The molecule has 24 heavy (non-hydrogen) atoms. The molecule has 130 valence electrons. The fraction of sp³-hybridized carbons (Fsp3) is 0.500. The van der Waals surface area contributed by atoms with Crippen LogP contribution in [0.4, 0.5) is 5.69 Å². The summed E-state index contributed by atoms with van der Waals surface area (Å²) in [5, 5.41) is 11.7. The number of anilines is 1. The van der Waals surface area contributed by atoms with Gasteiger partial charge < -0.3 is 15.3 Å². The van der Waals surface area contributed by atoms with Gasteiger partial charge in [0.2, 0.25) is 11.8 Å². The van der Waals surface area contributed by atoms with Crippen LogP contribution in [0.2, 0.25) is 0 Å². The molecule has 0 unspecified atom stereocenters. The molecule has 1 aliphatic heterocycles. The molecular weight excluding hydrogens is 308 g/mol. The maximum atomic E-state index is 12.6. The molecule has 2 amide bonds. The zero-order valence-corrected chi connectivity index (χ0v) is 14.3. The van der Waals surface area contributed by atoms with E-state index in [-0.39, 0.29) is 30.7 Å². The summed E-state index contributed by atoms with van der Waals surface area (Å²) < 4.78 is 0. The van der Waals surface area contributed by atoms with Gasteiger partial charge in [-0.15, -0.1) is 0 Å². The topological polar surface area (TPSA) is 86.7 Å². The number of rotatable bonds is 6. The number of amides is 2. The van der Waals surface area contributed by atoms with Crippen molar-refractivity contribution in [3.8, 4) is 0 Å². The van der Waals surface area contributed by atoms with E-state index in [0.29, 0.717) is 6.42 Å². The van der Waals surface area contributed by atoms with E-state index in [0.717, 1.165) is 5.69 Å². The molecule has 0 aromatic heterocycles. The van der Waals surface area contributed by atoms with E-state index in [1.54, 1.807) is 18.7 Å². The van der Waals surface area contributed by atoms with Crippen molar-refractivity contribution in [1.29, 1.82) is 0 Å². The second-order valence-electron chi connectivity index (χ2n) is 7.16. The lowest BCUT2D eigenvalue weighted by molar-refractivity contribution is -0.140. The maximum absolute atomic E-state index is 12.6. The van der Waals surface area contributed by atoms with Crippen LogP contribution in [-0.4, -0.2) is 35.0 Å². The van der Waals surface area contributed by atoms with E-state index in [1.165, 1.54) is 0 Å². The van der Waals surface area contributed by atoms with Gasteiger partial charge in [0.05, 0.1) is 6.42 Å². The van der Waals surface area contributed by atoms with Crippen molar-refractivity contribution in [1.82, 2.24) is 5.32 Å². The Morgan fingerprint density at radius 1 is 1.25 bits per heavy atom. The number of aliphatic carboxylic acids is 1. The highest BCUT2D eigenvalue weighted by Gasteiger charge is 2.39. The standard InChI is InChI=1S/C18H24N2O4/c1-12-9-14(17(24)20(12)13-7-5-4-6-8-13)19-15(21)10-18(2,3)11-16(22)23/h4-8,12,14H,9-11H2,1-3H3,(H,19,21)(H,22,23)/t12-,14+/m1/s1. The van der Waals surface area contributed by atoms with Crippen LogP contribution in [0.15, 0.2) is 30.3 Å². The van der Waals surface area contributed by atoms with E-state index in [2.05, 4.69) is 5.32 Å². The largest absolute Gasteiger partial charge is 0.481 e. The Morgan fingerprint density at radius 2 is 1.88 bits per heavy atom. The first kappa shape index (κ1) is 18.0. The lowest BCUT2D eigenvalue weighted by atomic mass is 9.85. The van der Waals surface area contributed by atoms with Crippen molar-refractivity contribution < 1.29 is 19.5 Å². The number of hydrogen-bond acceptors (Lipinski definition) is 3. The minimum atomic E-state index is -0.936. The molecule has 1 saturated heterocycles. The summed E-state index contributed by atoms with van der Waals surface area (Å²) in [7, 11) is 0. The Morgan fingerprint density at radius 3 is 2.46 bits per heavy atom. The van der Waals surface area contributed by atoms with Crippen molar-refractivity contribution in [3.63, 3.8) is 0 Å². The predicted molar refractivity (Wildman–Crippen MR) is 90.6 cm³/mol. The number of nitrogens with zero attached hydrogens (tertiary/aromatic N) is 1. The van der Waals surface area contributed by atoms with Gasteiger partial charge in [-0.3, -0.25) is 14.4 Å². The zero-order valence-electron chi connectivity index (χ0n) is 14.3. The highest BCUT2D eigenvalue weighted by Crippen LogP contribution is 2.28. The normalized spacial score (nSPS) is 21.0. The lowest BCUT2D eigenvalue weighted by Gasteiger charge is -2.23. The van der Waals surface area contributed by atoms with Crippen LogP contribution in [0, 0.1) is 5.41 Å². The third-order valence-corrected chi connectivity index (χ3v) is 4.19. The first-order valence-electron chi connectivity index (χ1n) is 8.09. The van der Waals surface area contributed by atoms with Crippen LogP contribution >= 0.6 is 0 Å². The molecular formula is C18H24N2O4. The number of benzene rings is 1. The molecule has 6 nitrogen and oxygen atoms in total. The number of para-hydroxylation sites is 1. The molecule has 1 aromatic carbocycles. The third-order valence-electron chi connectivity index (χ3n) is 4.19. The lowest BCUT2D eigenvalue weighted by Crippen LogP contribution is -2.43. The number of nitrogens with one attached hydrogen (secondary N) is 1. The SMILES string of the molecule is C[C@@H]1C[C@H](NC(=O)CC(C)(C)CC(=O)O)C(=O)N1c1ccccc1. The quantitative estimate of drug-likeness (QED) is 0.836. The third kappa shape index (κ3) is 4.34. The monoisotopic (exact) mass is 332 g/mol.